The predicted octanol–water partition coefficient (Wildman–Crippen LogP) is 1.70. The molecule has 0 aromatic rings. The van der Waals surface area contributed by atoms with Crippen molar-refractivity contribution in [2.75, 3.05) is 39.3 Å². The molecule has 1 amide bonds. The minimum absolute atomic E-state index is 0.303. The number of amides is 1. The Kier molecular flexibility index (Phi) is 8.07. The first-order valence-electron chi connectivity index (χ1n) is 7.91. The summed E-state index contributed by atoms with van der Waals surface area (Å²) in [5, 5.41) is 0. The number of carbonyl (C=O) groups is 1. The number of nitrogens with two attached hydrogens (primary N) is 1. The number of likely N-dealkylation sites (tertiary alicyclic amines) is 1. The van der Waals surface area contributed by atoms with E-state index in [1.54, 1.807) is 0 Å². The molecule has 1 aliphatic rings. The molecular weight excluding hydrogens is 238 g/mol. The van der Waals surface area contributed by atoms with Crippen LogP contribution in [0.3, 0.4) is 0 Å². The van der Waals surface area contributed by atoms with E-state index in [1.165, 1.54) is 12.8 Å². The molecule has 1 rings (SSSR count). The predicted molar refractivity (Wildman–Crippen MR) is 80.0 cm³/mol. The van der Waals surface area contributed by atoms with Gasteiger partial charge in [-0.2, -0.15) is 0 Å². The average Bonchev–Trinajstić information content (AvgIpc) is 2.39. The lowest BCUT2D eigenvalue weighted by Gasteiger charge is -2.33. The molecule has 0 spiro atoms. The number of nitrogens with zero attached hydrogens (tertiary/aromatic N) is 2. The van der Waals surface area contributed by atoms with Crippen molar-refractivity contribution >= 4 is 5.91 Å². The Morgan fingerprint density at radius 3 is 2.58 bits per heavy atom. The van der Waals surface area contributed by atoms with Gasteiger partial charge >= 0.3 is 0 Å². The Morgan fingerprint density at radius 1 is 1.32 bits per heavy atom. The van der Waals surface area contributed by atoms with E-state index in [9.17, 15) is 4.79 Å². The fraction of sp³-hybridized carbons (Fsp3) is 0.933. The molecule has 1 heterocycles. The molecule has 0 aliphatic carbocycles. The Morgan fingerprint density at radius 2 is 2.00 bits per heavy atom. The van der Waals surface area contributed by atoms with Crippen LogP contribution in [-0.2, 0) is 4.79 Å². The highest BCUT2D eigenvalue weighted by molar-refractivity contribution is 5.78. The van der Waals surface area contributed by atoms with E-state index in [4.69, 9.17) is 5.73 Å². The van der Waals surface area contributed by atoms with Gasteiger partial charge in [-0.25, -0.2) is 0 Å². The van der Waals surface area contributed by atoms with Crippen LogP contribution in [-0.4, -0.2) is 55.0 Å². The molecule has 112 valence electrons. The topological polar surface area (TPSA) is 49.6 Å². The third kappa shape index (κ3) is 5.91. The van der Waals surface area contributed by atoms with Crippen LogP contribution in [0.25, 0.3) is 0 Å². The molecule has 1 unspecified atom stereocenters. The van der Waals surface area contributed by atoms with E-state index in [0.717, 1.165) is 52.0 Å². The SMILES string of the molecule is CCCN(CCC)C(=O)CN1CCCC(CCN)C1. The molecule has 0 saturated carbocycles. The quantitative estimate of drug-likeness (QED) is 0.729. The van der Waals surface area contributed by atoms with Gasteiger partial charge in [-0.1, -0.05) is 13.8 Å². The first-order valence-corrected chi connectivity index (χ1v) is 7.91. The second-order valence-electron chi connectivity index (χ2n) is 5.70. The second kappa shape index (κ2) is 9.32. The first-order chi connectivity index (χ1) is 9.21. The Balaban J connectivity index is 2.40. The summed E-state index contributed by atoms with van der Waals surface area (Å²) in [6.07, 6.45) is 5.66. The highest BCUT2D eigenvalue weighted by Gasteiger charge is 2.22. The van der Waals surface area contributed by atoms with Crippen LogP contribution in [0, 0.1) is 5.92 Å². The third-order valence-corrected chi connectivity index (χ3v) is 3.88. The monoisotopic (exact) mass is 269 g/mol. The fourth-order valence-electron chi connectivity index (χ4n) is 2.96. The summed E-state index contributed by atoms with van der Waals surface area (Å²) < 4.78 is 0. The third-order valence-electron chi connectivity index (χ3n) is 3.88. The number of hydrogen-bond donors (Lipinski definition) is 1. The average molecular weight is 269 g/mol. The molecule has 0 bridgehead atoms. The van der Waals surface area contributed by atoms with Crippen LogP contribution in [0.1, 0.15) is 46.0 Å². The highest BCUT2D eigenvalue weighted by Crippen LogP contribution is 2.18. The summed E-state index contributed by atoms with van der Waals surface area (Å²) in [4.78, 5) is 16.7. The van der Waals surface area contributed by atoms with Crippen LogP contribution in [0.15, 0.2) is 0 Å². The molecule has 1 aliphatic heterocycles. The molecular formula is C15H31N3O. The minimum atomic E-state index is 0.303. The van der Waals surface area contributed by atoms with Gasteiger partial charge in [0.1, 0.15) is 0 Å². The summed E-state index contributed by atoms with van der Waals surface area (Å²) in [6, 6.07) is 0. The summed E-state index contributed by atoms with van der Waals surface area (Å²) in [5.74, 6) is 0.995. The Hall–Kier alpha value is -0.610. The highest BCUT2D eigenvalue weighted by atomic mass is 16.2. The van der Waals surface area contributed by atoms with Crippen molar-refractivity contribution in [1.82, 2.24) is 9.80 Å². The lowest BCUT2D eigenvalue weighted by molar-refractivity contribution is -0.133. The smallest absolute Gasteiger partial charge is 0.236 e. The first kappa shape index (κ1) is 16.4. The molecule has 4 heteroatoms. The molecule has 2 N–H and O–H groups in total. The van der Waals surface area contributed by atoms with Crippen molar-refractivity contribution in [3.8, 4) is 0 Å². The maximum absolute atomic E-state index is 12.3. The Bertz CT molecular complexity index is 250. The fourth-order valence-corrected chi connectivity index (χ4v) is 2.96. The number of rotatable bonds is 8. The summed E-state index contributed by atoms with van der Waals surface area (Å²) in [5.41, 5.74) is 5.64. The summed E-state index contributed by atoms with van der Waals surface area (Å²) in [7, 11) is 0. The van der Waals surface area contributed by atoms with E-state index < -0.39 is 0 Å². The van der Waals surface area contributed by atoms with Crippen LogP contribution in [0.4, 0.5) is 0 Å². The maximum Gasteiger partial charge on any atom is 0.236 e. The van der Waals surface area contributed by atoms with Crippen LogP contribution < -0.4 is 5.73 Å². The van der Waals surface area contributed by atoms with E-state index in [1.807, 2.05) is 4.90 Å². The largest absolute Gasteiger partial charge is 0.342 e. The lowest BCUT2D eigenvalue weighted by atomic mass is 9.95. The van der Waals surface area contributed by atoms with E-state index in [-0.39, 0.29) is 0 Å². The lowest BCUT2D eigenvalue weighted by Crippen LogP contribution is -2.45. The van der Waals surface area contributed by atoms with Crippen LogP contribution in [0.5, 0.6) is 0 Å². The summed E-state index contributed by atoms with van der Waals surface area (Å²) >= 11 is 0. The van der Waals surface area contributed by atoms with Crippen molar-refractivity contribution in [3.05, 3.63) is 0 Å². The Labute approximate surface area is 118 Å². The van der Waals surface area contributed by atoms with Crippen molar-refractivity contribution in [2.24, 2.45) is 11.7 Å². The molecule has 0 aromatic heterocycles. The number of piperidine rings is 1. The van der Waals surface area contributed by atoms with E-state index >= 15 is 0 Å². The van der Waals surface area contributed by atoms with Crippen LogP contribution in [0.2, 0.25) is 0 Å². The second-order valence-corrected chi connectivity index (χ2v) is 5.70. The van der Waals surface area contributed by atoms with E-state index in [2.05, 4.69) is 18.7 Å². The van der Waals surface area contributed by atoms with Gasteiger partial charge in [-0.3, -0.25) is 9.69 Å². The number of hydrogen-bond acceptors (Lipinski definition) is 3. The standard InChI is InChI=1S/C15H31N3O/c1-3-9-18(10-4-2)15(19)13-17-11-5-6-14(12-17)7-8-16/h14H,3-13,16H2,1-2H3. The zero-order valence-corrected chi connectivity index (χ0v) is 12.7. The molecule has 0 radical (unpaired) electrons. The van der Waals surface area contributed by atoms with Gasteiger partial charge in [0, 0.05) is 19.6 Å². The normalized spacial score (nSPS) is 20.5. The van der Waals surface area contributed by atoms with E-state index in [0.29, 0.717) is 18.4 Å². The van der Waals surface area contributed by atoms with Crippen molar-refractivity contribution in [3.63, 3.8) is 0 Å². The number of carbonyl (C=O) groups excluding carboxylic acids is 1. The zero-order chi connectivity index (χ0) is 14.1. The van der Waals surface area contributed by atoms with Crippen molar-refractivity contribution in [1.29, 1.82) is 0 Å². The molecule has 1 fully saturated rings. The van der Waals surface area contributed by atoms with Gasteiger partial charge in [0.05, 0.1) is 6.54 Å². The van der Waals surface area contributed by atoms with Gasteiger partial charge in [0.15, 0.2) is 0 Å². The van der Waals surface area contributed by atoms with Crippen molar-refractivity contribution in [2.45, 2.75) is 46.0 Å². The molecule has 1 atom stereocenters. The minimum Gasteiger partial charge on any atom is -0.342 e. The molecule has 4 nitrogen and oxygen atoms in total. The molecule has 1 saturated heterocycles. The van der Waals surface area contributed by atoms with Gasteiger partial charge in [0.2, 0.25) is 5.91 Å². The summed E-state index contributed by atoms with van der Waals surface area (Å²) in [6.45, 7) is 9.54. The van der Waals surface area contributed by atoms with Gasteiger partial charge in [-0.05, 0) is 51.1 Å². The van der Waals surface area contributed by atoms with Gasteiger partial charge in [-0.15, -0.1) is 0 Å². The van der Waals surface area contributed by atoms with Gasteiger partial charge < -0.3 is 10.6 Å². The zero-order valence-electron chi connectivity index (χ0n) is 12.7. The molecule has 19 heavy (non-hydrogen) atoms. The van der Waals surface area contributed by atoms with Crippen molar-refractivity contribution < 1.29 is 4.79 Å². The molecule has 0 aromatic carbocycles. The van der Waals surface area contributed by atoms with Gasteiger partial charge in [0.25, 0.3) is 0 Å². The maximum atomic E-state index is 12.3. The van der Waals surface area contributed by atoms with Crippen LogP contribution >= 0.6 is 0 Å².